The highest BCUT2D eigenvalue weighted by Crippen LogP contribution is 2.46. The summed E-state index contributed by atoms with van der Waals surface area (Å²) in [6.45, 7) is 2.47. The van der Waals surface area contributed by atoms with Gasteiger partial charge in [-0.05, 0) is 12.8 Å². The first-order valence-electron chi connectivity index (χ1n) is 5.11. The molecule has 3 atom stereocenters. The molecule has 0 spiro atoms. The molecular formula is C10H16N2O. The molecule has 3 rings (SSSR count). The second kappa shape index (κ2) is 2.56. The average molecular weight is 180 g/mol. The lowest BCUT2D eigenvalue weighted by Gasteiger charge is -2.37. The number of ether oxygens (including phenoxy) is 1. The van der Waals surface area contributed by atoms with Crippen molar-refractivity contribution in [1.29, 1.82) is 0 Å². The van der Waals surface area contributed by atoms with E-state index in [1.165, 1.54) is 12.8 Å². The minimum absolute atomic E-state index is 0.0747. The van der Waals surface area contributed by atoms with Crippen LogP contribution in [-0.2, 0) is 4.74 Å². The van der Waals surface area contributed by atoms with Crippen LogP contribution in [0.4, 0.5) is 0 Å². The number of rotatable bonds is 1. The van der Waals surface area contributed by atoms with Crippen molar-refractivity contribution in [2.24, 2.45) is 11.7 Å². The van der Waals surface area contributed by atoms with Gasteiger partial charge in [-0.2, -0.15) is 0 Å². The Hall–Kier alpha value is -0.380. The molecule has 0 aromatic heterocycles. The van der Waals surface area contributed by atoms with Gasteiger partial charge >= 0.3 is 0 Å². The van der Waals surface area contributed by atoms with Crippen molar-refractivity contribution in [2.45, 2.75) is 24.5 Å². The molecule has 0 aromatic rings. The van der Waals surface area contributed by atoms with Crippen molar-refractivity contribution in [3.8, 4) is 0 Å². The molecule has 3 aliphatic rings. The zero-order valence-corrected chi connectivity index (χ0v) is 7.75. The fraction of sp³-hybridized carbons (Fsp3) is 0.800. The Kier molecular flexibility index (Phi) is 1.57. The molecule has 0 bridgehead atoms. The number of hydrogen-bond acceptors (Lipinski definition) is 3. The smallest absolute Gasteiger partial charge is 0.0671 e. The maximum atomic E-state index is 5.86. The maximum Gasteiger partial charge on any atom is 0.0671 e. The van der Waals surface area contributed by atoms with E-state index in [2.05, 4.69) is 11.4 Å². The van der Waals surface area contributed by atoms with E-state index >= 15 is 0 Å². The van der Waals surface area contributed by atoms with Gasteiger partial charge in [-0.3, -0.25) is 0 Å². The van der Waals surface area contributed by atoms with Crippen LogP contribution in [0.15, 0.2) is 11.6 Å². The largest absolute Gasteiger partial charge is 0.376 e. The van der Waals surface area contributed by atoms with Crippen LogP contribution in [0.5, 0.6) is 0 Å². The van der Waals surface area contributed by atoms with Gasteiger partial charge in [-0.1, -0.05) is 11.6 Å². The number of nitrogens with one attached hydrogen (secondary N) is 1. The second-order valence-electron chi connectivity index (χ2n) is 4.39. The molecule has 2 heterocycles. The van der Waals surface area contributed by atoms with Crippen LogP contribution in [0.25, 0.3) is 0 Å². The van der Waals surface area contributed by atoms with E-state index in [1.807, 2.05) is 0 Å². The average Bonchev–Trinajstić information content (AvgIpc) is 2.74. The van der Waals surface area contributed by atoms with Gasteiger partial charge in [-0.15, -0.1) is 0 Å². The third kappa shape index (κ3) is 0.897. The van der Waals surface area contributed by atoms with Crippen molar-refractivity contribution in [1.82, 2.24) is 5.32 Å². The van der Waals surface area contributed by atoms with Gasteiger partial charge in [0.15, 0.2) is 0 Å². The maximum absolute atomic E-state index is 5.86. The van der Waals surface area contributed by atoms with Crippen molar-refractivity contribution in [3.63, 3.8) is 0 Å². The lowest BCUT2D eigenvalue weighted by molar-refractivity contribution is 0.0979. The highest BCUT2D eigenvalue weighted by Gasteiger charge is 2.53. The highest BCUT2D eigenvalue weighted by atomic mass is 16.5. The summed E-state index contributed by atoms with van der Waals surface area (Å²) in [6.07, 6.45) is 5.19. The molecule has 0 amide bonds. The van der Waals surface area contributed by atoms with E-state index in [0.717, 1.165) is 13.2 Å². The van der Waals surface area contributed by atoms with E-state index in [-0.39, 0.29) is 5.54 Å². The van der Waals surface area contributed by atoms with Crippen molar-refractivity contribution in [2.75, 3.05) is 19.7 Å². The molecule has 1 saturated carbocycles. The van der Waals surface area contributed by atoms with E-state index in [1.54, 1.807) is 5.57 Å². The third-order valence-corrected chi connectivity index (χ3v) is 3.82. The Labute approximate surface area is 78.3 Å². The molecule has 0 aromatic carbocycles. The zero-order valence-electron chi connectivity index (χ0n) is 7.75. The van der Waals surface area contributed by atoms with E-state index in [9.17, 15) is 0 Å². The van der Waals surface area contributed by atoms with Crippen molar-refractivity contribution >= 4 is 0 Å². The first kappa shape index (κ1) is 7.97. The molecule has 0 radical (unpaired) electrons. The lowest BCUT2D eigenvalue weighted by Crippen LogP contribution is -2.59. The standard InChI is InChI=1S/C10H16N2O/c11-5-10-6-13-8-2-1-7(9(8)10)3-4-12-10/h3,8-9,12H,1-2,4-6,11H2/t8-,9+,10+/m1/s1. The Morgan fingerprint density at radius 2 is 2.62 bits per heavy atom. The summed E-state index contributed by atoms with van der Waals surface area (Å²) in [5.74, 6) is 0.575. The molecule has 3 heteroatoms. The van der Waals surface area contributed by atoms with Gasteiger partial charge in [-0.25, -0.2) is 0 Å². The predicted molar refractivity (Wildman–Crippen MR) is 50.3 cm³/mol. The van der Waals surface area contributed by atoms with Crippen LogP contribution in [0.2, 0.25) is 0 Å². The van der Waals surface area contributed by atoms with E-state index in [4.69, 9.17) is 10.5 Å². The summed E-state index contributed by atoms with van der Waals surface area (Å²) in [4.78, 5) is 0. The molecule has 72 valence electrons. The second-order valence-corrected chi connectivity index (χ2v) is 4.39. The summed E-state index contributed by atoms with van der Waals surface area (Å²) < 4.78 is 5.80. The molecule has 2 aliphatic heterocycles. The summed E-state index contributed by atoms with van der Waals surface area (Å²) in [6, 6.07) is 0. The summed E-state index contributed by atoms with van der Waals surface area (Å²) in [5, 5.41) is 3.52. The summed E-state index contributed by atoms with van der Waals surface area (Å²) >= 11 is 0. The highest BCUT2D eigenvalue weighted by molar-refractivity contribution is 5.28. The predicted octanol–water partition coefficient (Wildman–Crippen LogP) is 0.0223. The van der Waals surface area contributed by atoms with Crippen molar-refractivity contribution in [3.05, 3.63) is 11.6 Å². The number of nitrogens with two attached hydrogens (primary N) is 1. The quantitative estimate of drug-likeness (QED) is 0.559. The summed E-state index contributed by atoms with van der Waals surface area (Å²) in [5.41, 5.74) is 7.53. The fourth-order valence-electron chi connectivity index (χ4n) is 3.14. The van der Waals surface area contributed by atoms with Crippen LogP contribution in [0.3, 0.4) is 0 Å². The molecular weight excluding hydrogens is 164 g/mol. The Morgan fingerprint density at radius 1 is 1.69 bits per heavy atom. The molecule has 0 unspecified atom stereocenters. The van der Waals surface area contributed by atoms with Gasteiger partial charge in [0.1, 0.15) is 0 Å². The minimum atomic E-state index is 0.0747. The van der Waals surface area contributed by atoms with Crippen LogP contribution >= 0.6 is 0 Å². The molecule has 13 heavy (non-hydrogen) atoms. The van der Waals surface area contributed by atoms with Gasteiger partial charge in [0.2, 0.25) is 0 Å². The third-order valence-electron chi connectivity index (χ3n) is 3.82. The van der Waals surface area contributed by atoms with Gasteiger partial charge in [0, 0.05) is 19.0 Å². The van der Waals surface area contributed by atoms with Gasteiger partial charge in [0.25, 0.3) is 0 Å². The Balaban J connectivity index is 2.02. The first-order valence-corrected chi connectivity index (χ1v) is 5.11. The fourth-order valence-corrected chi connectivity index (χ4v) is 3.14. The molecule has 2 fully saturated rings. The van der Waals surface area contributed by atoms with Crippen LogP contribution < -0.4 is 11.1 Å². The van der Waals surface area contributed by atoms with Crippen LogP contribution in [-0.4, -0.2) is 31.3 Å². The van der Waals surface area contributed by atoms with E-state index < -0.39 is 0 Å². The summed E-state index contributed by atoms with van der Waals surface area (Å²) in [7, 11) is 0. The Morgan fingerprint density at radius 3 is 3.46 bits per heavy atom. The molecule has 1 saturated heterocycles. The minimum Gasteiger partial charge on any atom is -0.376 e. The zero-order chi connectivity index (χ0) is 8.89. The lowest BCUT2D eigenvalue weighted by atomic mass is 9.79. The molecule has 3 N–H and O–H groups in total. The van der Waals surface area contributed by atoms with Crippen LogP contribution in [0.1, 0.15) is 12.8 Å². The van der Waals surface area contributed by atoms with Gasteiger partial charge in [0.05, 0.1) is 18.2 Å². The topological polar surface area (TPSA) is 47.3 Å². The van der Waals surface area contributed by atoms with Gasteiger partial charge < -0.3 is 15.8 Å². The molecule has 3 nitrogen and oxygen atoms in total. The van der Waals surface area contributed by atoms with E-state index in [0.29, 0.717) is 18.6 Å². The monoisotopic (exact) mass is 180 g/mol. The molecule has 1 aliphatic carbocycles. The Bertz CT molecular complexity index is 264. The normalized spacial score (nSPS) is 47.6. The van der Waals surface area contributed by atoms with Crippen molar-refractivity contribution < 1.29 is 4.74 Å². The number of hydrogen-bond donors (Lipinski definition) is 2. The SMILES string of the molecule is NC[C@@]12CO[C@@H]3CCC(=CCN1)[C@@H]32. The first-order chi connectivity index (χ1) is 6.36. The van der Waals surface area contributed by atoms with Crippen LogP contribution in [0, 0.1) is 5.92 Å².